The predicted octanol–water partition coefficient (Wildman–Crippen LogP) is 15.4. The number of hydrogen-bond donors (Lipinski definition) is 0. The summed E-state index contributed by atoms with van der Waals surface area (Å²) >= 11 is 0. The van der Waals surface area contributed by atoms with Gasteiger partial charge in [0.05, 0.1) is 11.1 Å². The van der Waals surface area contributed by atoms with Crippen LogP contribution in [-0.4, -0.2) is 11.1 Å². The predicted molar refractivity (Wildman–Crippen MR) is 247 cm³/mol. The lowest BCUT2D eigenvalue weighted by molar-refractivity contribution is 0.195. The highest BCUT2D eigenvalue weighted by Gasteiger charge is 2.59. The van der Waals surface area contributed by atoms with Gasteiger partial charge in [-0.15, -0.1) is 0 Å². The van der Waals surface area contributed by atoms with Crippen LogP contribution in [0.25, 0.3) is 54.6 Å². The van der Waals surface area contributed by atoms with E-state index in [0.717, 1.165) is 0 Å². The van der Waals surface area contributed by atoms with Crippen LogP contribution in [0.15, 0.2) is 146 Å². The largest absolute Gasteiger partial charge is 0.334 e. The van der Waals surface area contributed by atoms with Crippen LogP contribution in [0.3, 0.4) is 0 Å². The van der Waals surface area contributed by atoms with Gasteiger partial charge in [-0.25, -0.2) is 0 Å². The van der Waals surface area contributed by atoms with Gasteiger partial charge in [-0.05, 0) is 154 Å². The van der Waals surface area contributed by atoms with Crippen molar-refractivity contribution in [1.29, 1.82) is 0 Å². The molecule has 4 unspecified atom stereocenters. The van der Waals surface area contributed by atoms with Crippen molar-refractivity contribution in [2.45, 2.75) is 101 Å². The smallest absolute Gasteiger partial charge is 0.0517 e. The zero-order valence-corrected chi connectivity index (χ0v) is 34.4. The highest BCUT2D eigenvalue weighted by Crippen LogP contribution is 2.63. The first kappa shape index (κ1) is 34.4. The molecule has 4 atom stereocenters. The van der Waals surface area contributed by atoms with Gasteiger partial charge in [0.1, 0.15) is 0 Å². The van der Waals surface area contributed by atoms with E-state index in [1.807, 2.05) is 0 Å². The molecular formula is C56H52N2. The average Bonchev–Trinajstić information content (AvgIpc) is 3.60. The fraction of sp³-hybridized carbons (Fsp3) is 0.286. The lowest BCUT2D eigenvalue weighted by atomic mass is 9.61. The molecule has 2 aliphatic carbocycles. The van der Waals surface area contributed by atoms with Crippen LogP contribution in [0.2, 0.25) is 0 Å². The summed E-state index contributed by atoms with van der Waals surface area (Å²) in [5, 5.41) is 8.10. The molecule has 2 heteroatoms. The second-order valence-corrected chi connectivity index (χ2v) is 19.1. The summed E-state index contributed by atoms with van der Waals surface area (Å²) in [5.41, 5.74) is 13.9. The van der Waals surface area contributed by atoms with Gasteiger partial charge in [-0.2, -0.15) is 0 Å². The number of benzene rings is 8. The molecule has 0 bridgehead atoms. The molecule has 0 spiro atoms. The van der Waals surface area contributed by atoms with E-state index < -0.39 is 0 Å². The Balaban J connectivity index is 1.02. The maximum absolute atomic E-state index is 2.68. The fourth-order valence-corrected chi connectivity index (χ4v) is 13.1. The van der Waals surface area contributed by atoms with Crippen molar-refractivity contribution >= 4 is 55.1 Å². The van der Waals surface area contributed by atoms with Crippen molar-refractivity contribution in [3.05, 3.63) is 157 Å². The first-order chi connectivity index (χ1) is 28.2. The van der Waals surface area contributed by atoms with Crippen LogP contribution >= 0.6 is 0 Å². The van der Waals surface area contributed by atoms with Crippen LogP contribution in [0, 0.1) is 0 Å². The summed E-state index contributed by atoms with van der Waals surface area (Å²) in [7, 11) is 0. The molecule has 0 N–H and O–H groups in total. The van der Waals surface area contributed by atoms with Crippen LogP contribution in [0.5, 0.6) is 0 Å². The SMILES string of the molecule is CC12CCCCC1(C)N(c1ccccc1)c1ccc(-c3ccc4ccc5c(-c6ccc7c(c6)C6(C)CCCCC6(C)N7c6ccccc6)ccc6ccc3c4c65)cc12. The monoisotopic (exact) mass is 752 g/mol. The number of nitrogens with zero attached hydrogens (tertiary/aromatic N) is 2. The zero-order valence-electron chi connectivity index (χ0n) is 34.4. The molecule has 0 aromatic heterocycles. The van der Waals surface area contributed by atoms with Crippen molar-refractivity contribution in [1.82, 2.24) is 0 Å². The quantitative estimate of drug-likeness (QED) is 0.165. The van der Waals surface area contributed by atoms with E-state index >= 15 is 0 Å². The molecule has 2 nitrogen and oxygen atoms in total. The molecule has 12 rings (SSSR count). The molecule has 8 aromatic rings. The van der Waals surface area contributed by atoms with Gasteiger partial charge >= 0.3 is 0 Å². The van der Waals surface area contributed by atoms with Gasteiger partial charge in [-0.1, -0.05) is 137 Å². The van der Waals surface area contributed by atoms with Crippen LogP contribution in [0.1, 0.15) is 90.2 Å². The topological polar surface area (TPSA) is 6.48 Å². The summed E-state index contributed by atoms with van der Waals surface area (Å²) in [4.78, 5) is 5.37. The Morgan fingerprint density at radius 1 is 0.397 bits per heavy atom. The minimum absolute atomic E-state index is 0.0387. The van der Waals surface area contributed by atoms with Gasteiger partial charge in [0.15, 0.2) is 0 Å². The van der Waals surface area contributed by atoms with Gasteiger partial charge in [0, 0.05) is 33.6 Å². The number of anilines is 4. The average molecular weight is 753 g/mol. The molecule has 0 saturated heterocycles. The molecule has 4 aliphatic rings. The Morgan fingerprint density at radius 2 is 0.793 bits per heavy atom. The molecule has 8 aromatic carbocycles. The Hall–Kier alpha value is -5.60. The van der Waals surface area contributed by atoms with E-state index in [-0.39, 0.29) is 21.9 Å². The third-order valence-corrected chi connectivity index (χ3v) is 16.5. The molecule has 58 heavy (non-hydrogen) atoms. The maximum Gasteiger partial charge on any atom is 0.0517 e. The Morgan fingerprint density at radius 3 is 1.22 bits per heavy atom. The van der Waals surface area contributed by atoms with E-state index in [1.54, 1.807) is 0 Å². The lowest BCUT2D eigenvalue weighted by Gasteiger charge is -2.50. The molecule has 2 fully saturated rings. The van der Waals surface area contributed by atoms with Crippen molar-refractivity contribution < 1.29 is 0 Å². The summed E-state index contributed by atoms with van der Waals surface area (Å²) < 4.78 is 0. The molecule has 2 aliphatic heterocycles. The zero-order chi connectivity index (χ0) is 39.0. The van der Waals surface area contributed by atoms with E-state index in [9.17, 15) is 0 Å². The third kappa shape index (κ3) is 4.34. The molecule has 2 heterocycles. The summed E-state index contributed by atoms with van der Waals surface area (Å²) in [6.45, 7) is 10.2. The van der Waals surface area contributed by atoms with Gasteiger partial charge in [-0.3, -0.25) is 0 Å². The first-order valence-corrected chi connectivity index (χ1v) is 21.9. The van der Waals surface area contributed by atoms with E-state index in [1.165, 1.54) is 140 Å². The lowest BCUT2D eigenvalue weighted by Crippen LogP contribution is -2.54. The number of fused-ring (bicyclic) bond motifs is 6. The van der Waals surface area contributed by atoms with Crippen LogP contribution < -0.4 is 9.80 Å². The van der Waals surface area contributed by atoms with Crippen molar-refractivity contribution in [3.8, 4) is 22.3 Å². The van der Waals surface area contributed by atoms with Gasteiger partial charge in [0.2, 0.25) is 0 Å². The number of hydrogen-bond acceptors (Lipinski definition) is 2. The normalized spacial score (nSPS) is 26.3. The maximum atomic E-state index is 2.68. The van der Waals surface area contributed by atoms with Gasteiger partial charge < -0.3 is 9.80 Å². The molecule has 0 radical (unpaired) electrons. The third-order valence-electron chi connectivity index (χ3n) is 16.5. The van der Waals surface area contributed by atoms with E-state index in [0.29, 0.717) is 0 Å². The standard InChI is InChI=1S/C56H52N2/c1-53-31-11-13-33-55(53,3)57(41-15-7-5-8-16-41)49-29-23-39(35-47(49)53)43-25-19-37-22-28-46-44(26-20-38-21-27-45(43)51(37)52(38)46)40-24-30-50-48(36-40)54(2)32-12-14-34-56(54,4)58(50)42-17-9-6-10-18-42/h5-10,15-30,35-36H,11-14,31-34H2,1-4H3. The van der Waals surface area contributed by atoms with Gasteiger partial charge in [0.25, 0.3) is 0 Å². The summed E-state index contributed by atoms with van der Waals surface area (Å²) in [6, 6.07) is 56.1. The minimum Gasteiger partial charge on any atom is -0.334 e. The first-order valence-electron chi connectivity index (χ1n) is 21.9. The Bertz CT molecular complexity index is 2730. The second kappa shape index (κ2) is 12.0. The summed E-state index contributed by atoms with van der Waals surface area (Å²) in [6.07, 6.45) is 9.98. The van der Waals surface area contributed by atoms with Crippen LogP contribution in [-0.2, 0) is 10.8 Å². The number of rotatable bonds is 4. The van der Waals surface area contributed by atoms with Crippen LogP contribution in [0.4, 0.5) is 22.7 Å². The van der Waals surface area contributed by atoms with Crippen molar-refractivity contribution in [3.63, 3.8) is 0 Å². The molecule has 286 valence electrons. The Kier molecular flexibility index (Phi) is 7.11. The molecule has 2 saturated carbocycles. The molecular weight excluding hydrogens is 701 g/mol. The fourth-order valence-electron chi connectivity index (χ4n) is 13.1. The van der Waals surface area contributed by atoms with E-state index in [2.05, 4.69) is 183 Å². The van der Waals surface area contributed by atoms with E-state index in [4.69, 9.17) is 0 Å². The highest BCUT2D eigenvalue weighted by atomic mass is 15.3. The number of para-hydroxylation sites is 2. The van der Waals surface area contributed by atoms with Crippen molar-refractivity contribution in [2.75, 3.05) is 9.80 Å². The van der Waals surface area contributed by atoms with Crippen molar-refractivity contribution in [2.24, 2.45) is 0 Å². The second-order valence-electron chi connectivity index (χ2n) is 19.1. The Labute approximate surface area is 343 Å². The summed E-state index contributed by atoms with van der Waals surface area (Å²) in [5.74, 6) is 0. The molecule has 0 amide bonds. The highest BCUT2D eigenvalue weighted by molar-refractivity contribution is 6.27. The minimum atomic E-state index is 0.0387.